The summed E-state index contributed by atoms with van der Waals surface area (Å²) in [6, 6.07) is 11.0. The molecule has 0 bridgehead atoms. The maximum Gasteiger partial charge on any atom is 0.138 e. The van der Waals surface area contributed by atoms with E-state index in [-0.39, 0.29) is 0 Å². The van der Waals surface area contributed by atoms with Crippen molar-refractivity contribution in [2.24, 2.45) is 0 Å². The van der Waals surface area contributed by atoms with Crippen LogP contribution in [0.1, 0.15) is 30.9 Å². The van der Waals surface area contributed by atoms with E-state index in [2.05, 4.69) is 60.3 Å². The van der Waals surface area contributed by atoms with Crippen LogP contribution < -0.4 is 5.32 Å². The van der Waals surface area contributed by atoms with Gasteiger partial charge in [0, 0.05) is 23.7 Å². The Balaban J connectivity index is 1.92. The zero-order chi connectivity index (χ0) is 14.4. The summed E-state index contributed by atoms with van der Waals surface area (Å²) in [6.07, 6.45) is 1.84. The van der Waals surface area contributed by atoms with E-state index in [1.165, 1.54) is 10.5 Å². The molecule has 0 fully saturated rings. The third kappa shape index (κ3) is 4.94. The van der Waals surface area contributed by atoms with Gasteiger partial charge in [0.05, 0.1) is 11.4 Å². The lowest BCUT2D eigenvalue weighted by molar-refractivity contribution is 0.579. The number of hydrogen-bond acceptors (Lipinski definition) is 4. The molecule has 0 saturated heterocycles. The topological polar surface area (TPSA) is 37.8 Å². The quantitative estimate of drug-likeness (QED) is 0.824. The molecule has 1 aromatic heterocycles. The van der Waals surface area contributed by atoms with Crippen LogP contribution in [0.15, 0.2) is 41.4 Å². The summed E-state index contributed by atoms with van der Waals surface area (Å²) in [4.78, 5) is 10.2. The highest BCUT2D eigenvalue weighted by Gasteiger charge is 2.02. The second kappa shape index (κ2) is 7.41. The zero-order valence-corrected chi connectivity index (χ0v) is 13.1. The molecule has 0 amide bonds. The Kier molecular flexibility index (Phi) is 5.56. The fourth-order valence-corrected chi connectivity index (χ4v) is 2.46. The van der Waals surface area contributed by atoms with Gasteiger partial charge in [-0.05, 0) is 25.1 Å². The van der Waals surface area contributed by atoms with Crippen LogP contribution in [0.2, 0.25) is 0 Å². The number of benzene rings is 1. The minimum Gasteiger partial charge on any atom is -0.309 e. The molecule has 0 atom stereocenters. The number of thioether (sulfide) groups is 1. The number of nitrogens with one attached hydrogen (secondary N) is 1. The Hall–Kier alpha value is -1.39. The van der Waals surface area contributed by atoms with E-state index in [0.717, 1.165) is 23.8 Å². The van der Waals surface area contributed by atoms with Crippen molar-refractivity contribution < 1.29 is 0 Å². The zero-order valence-electron chi connectivity index (χ0n) is 12.3. The number of hydrogen-bond donors (Lipinski definition) is 1. The Morgan fingerprint density at radius 1 is 1.15 bits per heavy atom. The molecule has 3 nitrogen and oxygen atoms in total. The molecule has 2 aromatic rings. The molecule has 0 unspecified atom stereocenters. The molecule has 0 spiro atoms. The van der Waals surface area contributed by atoms with Crippen LogP contribution in [0.4, 0.5) is 0 Å². The average Bonchev–Trinajstić information content (AvgIpc) is 2.45. The van der Waals surface area contributed by atoms with Gasteiger partial charge < -0.3 is 5.32 Å². The van der Waals surface area contributed by atoms with Crippen molar-refractivity contribution in [3.05, 3.63) is 53.6 Å². The molecule has 106 valence electrons. The van der Waals surface area contributed by atoms with Gasteiger partial charge in [-0.15, -0.1) is 11.8 Å². The summed E-state index contributed by atoms with van der Waals surface area (Å²) in [6.45, 7) is 7.16. The van der Waals surface area contributed by atoms with Crippen LogP contribution >= 0.6 is 11.8 Å². The van der Waals surface area contributed by atoms with Gasteiger partial charge in [-0.2, -0.15) is 0 Å². The highest BCUT2D eigenvalue weighted by atomic mass is 32.2. The molecule has 1 N–H and O–H groups in total. The maximum absolute atomic E-state index is 4.58. The molecule has 0 radical (unpaired) electrons. The first-order valence-electron chi connectivity index (χ1n) is 6.87. The van der Waals surface area contributed by atoms with E-state index in [9.17, 15) is 0 Å². The monoisotopic (exact) mass is 287 g/mol. The molecular weight excluding hydrogens is 266 g/mol. The standard InChI is InChI=1S/C16H21N3S/c1-12(2)18-10-14-8-9-17-16(19-14)11-20-15-6-4-13(3)5-7-15/h4-9,12,18H,10-11H2,1-3H3. The van der Waals surface area contributed by atoms with Crippen molar-refractivity contribution in [3.8, 4) is 0 Å². The van der Waals surface area contributed by atoms with E-state index in [0.29, 0.717) is 6.04 Å². The van der Waals surface area contributed by atoms with Gasteiger partial charge in [0.2, 0.25) is 0 Å². The Bertz CT molecular complexity index is 538. The molecule has 4 heteroatoms. The lowest BCUT2D eigenvalue weighted by atomic mass is 10.2. The van der Waals surface area contributed by atoms with Crippen LogP contribution in [0.25, 0.3) is 0 Å². The van der Waals surface area contributed by atoms with Gasteiger partial charge >= 0.3 is 0 Å². The van der Waals surface area contributed by atoms with Crippen molar-refractivity contribution in [3.63, 3.8) is 0 Å². The van der Waals surface area contributed by atoms with Crippen LogP contribution in [0.5, 0.6) is 0 Å². The summed E-state index contributed by atoms with van der Waals surface area (Å²) in [5.41, 5.74) is 2.33. The van der Waals surface area contributed by atoms with E-state index in [4.69, 9.17) is 0 Å². The van der Waals surface area contributed by atoms with Crippen LogP contribution in [-0.4, -0.2) is 16.0 Å². The second-order valence-corrected chi connectivity index (χ2v) is 6.15. The third-order valence-corrected chi connectivity index (χ3v) is 3.85. The maximum atomic E-state index is 4.58. The van der Waals surface area contributed by atoms with E-state index in [1.807, 2.05) is 12.3 Å². The van der Waals surface area contributed by atoms with E-state index < -0.39 is 0 Å². The van der Waals surface area contributed by atoms with Crippen molar-refractivity contribution >= 4 is 11.8 Å². The molecule has 0 aliphatic rings. The highest BCUT2D eigenvalue weighted by Crippen LogP contribution is 2.21. The molecule has 20 heavy (non-hydrogen) atoms. The summed E-state index contributed by atoms with van der Waals surface area (Å²) < 4.78 is 0. The van der Waals surface area contributed by atoms with Crippen molar-refractivity contribution in [1.82, 2.24) is 15.3 Å². The number of aryl methyl sites for hydroxylation is 1. The molecule has 0 aliphatic carbocycles. The first-order chi connectivity index (χ1) is 9.63. The molecular formula is C16H21N3S. The minimum atomic E-state index is 0.468. The smallest absolute Gasteiger partial charge is 0.138 e. The highest BCUT2D eigenvalue weighted by molar-refractivity contribution is 7.98. The average molecular weight is 287 g/mol. The lowest BCUT2D eigenvalue weighted by Gasteiger charge is -2.08. The molecule has 0 aliphatic heterocycles. The SMILES string of the molecule is Cc1ccc(SCc2nccc(CNC(C)C)n2)cc1. The predicted octanol–water partition coefficient (Wildman–Crippen LogP) is 3.58. The fraction of sp³-hybridized carbons (Fsp3) is 0.375. The Morgan fingerprint density at radius 3 is 2.60 bits per heavy atom. The van der Waals surface area contributed by atoms with Gasteiger partial charge in [0.1, 0.15) is 5.82 Å². The van der Waals surface area contributed by atoms with E-state index >= 15 is 0 Å². The first kappa shape index (κ1) is 15.0. The Morgan fingerprint density at radius 2 is 1.90 bits per heavy atom. The van der Waals surface area contributed by atoms with Crippen LogP contribution in [-0.2, 0) is 12.3 Å². The minimum absolute atomic E-state index is 0.468. The number of aromatic nitrogens is 2. The molecule has 2 rings (SSSR count). The third-order valence-electron chi connectivity index (χ3n) is 2.84. The van der Waals surface area contributed by atoms with Gasteiger partial charge in [0.15, 0.2) is 0 Å². The summed E-state index contributed by atoms with van der Waals surface area (Å²) in [5.74, 6) is 1.69. The van der Waals surface area contributed by atoms with Crippen molar-refractivity contribution in [1.29, 1.82) is 0 Å². The lowest BCUT2D eigenvalue weighted by Crippen LogP contribution is -2.22. The molecule has 1 heterocycles. The van der Waals surface area contributed by atoms with Crippen molar-refractivity contribution in [2.75, 3.05) is 0 Å². The van der Waals surface area contributed by atoms with Gasteiger partial charge in [-0.1, -0.05) is 31.5 Å². The number of nitrogens with zero attached hydrogens (tertiary/aromatic N) is 2. The molecule has 1 aromatic carbocycles. The van der Waals surface area contributed by atoms with Crippen molar-refractivity contribution in [2.45, 2.75) is 44.0 Å². The summed E-state index contributed by atoms with van der Waals surface area (Å²) in [5, 5.41) is 3.37. The normalized spacial score (nSPS) is 11.0. The fourth-order valence-electron chi connectivity index (χ4n) is 1.70. The predicted molar refractivity (Wildman–Crippen MR) is 84.7 cm³/mol. The first-order valence-corrected chi connectivity index (χ1v) is 7.85. The van der Waals surface area contributed by atoms with Crippen LogP contribution in [0, 0.1) is 6.92 Å². The van der Waals surface area contributed by atoms with Crippen LogP contribution in [0.3, 0.4) is 0 Å². The largest absolute Gasteiger partial charge is 0.309 e. The van der Waals surface area contributed by atoms with E-state index in [1.54, 1.807) is 11.8 Å². The summed E-state index contributed by atoms with van der Waals surface area (Å²) >= 11 is 1.77. The second-order valence-electron chi connectivity index (χ2n) is 5.10. The van der Waals surface area contributed by atoms with Gasteiger partial charge in [0.25, 0.3) is 0 Å². The number of rotatable bonds is 6. The van der Waals surface area contributed by atoms with Gasteiger partial charge in [-0.25, -0.2) is 9.97 Å². The van der Waals surface area contributed by atoms with Gasteiger partial charge in [-0.3, -0.25) is 0 Å². The summed E-state index contributed by atoms with van der Waals surface area (Å²) in [7, 11) is 0. The Labute approximate surface area is 125 Å². The molecule has 0 saturated carbocycles.